The molecule has 15 heavy (non-hydrogen) atoms. The van der Waals surface area contributed by atoms with Gasteiger partial charge < -0.3 is 10.1 Å². The molecule has 1 aromatic rings. The minimum absolute atomic E-state index is 0.129. The van der Waals surface area contributed by atoms with Crippen molar-refractivity contribution in [1.82, 2.24) is 5.32 Å². The first kappa shape index (κ1) is 10.4. The van der Waals surface area contributed by atoms with Crippen LogP contribution in [0.15, 0.2) is 12.1 Å². The molecule has 0 radical (unpaired) electrons. The fourth-order valence-corrected chi connectivity index (χ4v) is 1.98. The average molecular weight is 213 g/mol. The van der Waals surface area contributed by atoms with E-state index in [0.717, 1.165) is 25.5 Å². The Kier molecular flexibility index (Phi) is 2.86. The topological polar surface area (TPSA) is 21.3 Å². The molecule has 1 saturated heterocycles. The summed E-state index contributed by atoms with van der Waals surface area (Å²) in [6.45, 7) is 0.837. The summed E-state index contributed by atoms with van der Waals surface area (Å²) in [5.41, 5.74) is 0.315. The third-order valence-corrected chi connectivity index (χ3v) is 2.72. The Morgan fingerprint density at radius 1 is 1.40 bits per heavy atom. The molecule has 1 fully saturated rings. The van der Waals surface area contributed by atoms with Crippen LogP contribution in [0, 0.1) is 11.6 Å². The SMILES string of the molecule is COc1ccc(F)c(F)c1C1CCCN1. The molecule has 0 amide bonds. The molecule has 4 heteroatoms. The first-order valence-electron chi connectivity index (χ1n) is 4.99. The van der Waals surface area contributed by atoms with Crippen LogP contribution >= 0.6 is 0 Å². The Hall–Kier alpha value is -1.16. The highest BCUT2D eigenvalue weighted by molar-refractivity contribution is 5.38. The summed E-state index contributed by atoms with van der Waals surface area (Å²) in [7, 11) is 1.46. The van der Waals surface area contributed by atoms with Gasteiger partial charge in [-0.15, -0.1) is 0 Å². The normalized spacial score (nSPS) is 20.6. The molecule has 1 aromatic carbocycles. The van der Waals surface area contributed by atoms with E-state index in [2.05, 4.69) is 5.32 Å². The smallest absolute Gasteiger partial charge is 0.167 e. The average Bonchev–Trinajstić information content (AvgIpc) is 2.75. The molecule has 2 nitrogen and oxygen atoms in total. The van der Waals surface area contributed by atoms with Crippen molar-refractivity contribution in [3.63, 3.8) is 0 Å². The standard InChI is InChI=1S/C11H13F2NO/c1-15-9-5-4-7(12)11(13)10(9)8-3-2-6-14-8/h4-5,8,14H,2-3,6H2,1H3. The number of ether oxygens (including phenoxy) is 1. The quantitative estimate of drug-likeness (QED) is 0.814. The first-order chi connectivity index (χ1) is 7.24. The number of nitrogens with one attached hydrogen (secondary N) is 1. The largest absolute Gasteiger partial charge is 0.496 e. The lowest BCUT2D eigenvalue weighted by atomic mass is 10.0. The van der Waals surface area contributed by atoms with Gasteiger partial charge in [-0.05, 0) is 31.5 Å². The summed E-state index contributed by atoms with van der Waals surface area (Å²) in [6, 6.07) is 2.43. The molecule has 1 aliphatic rings. The fraction of sp³-hybridized carbons (Fsp3) is 0.455. The fourth-order valence-electron chi connectivity index (χ4n) is 1.98. The van der Waals surface area contributed by atoms with Gasteiger partial charge in [-0.1, -0.05) is 0 Å². The molecule has 0 spiro atoms. The third kappa shape index (κ3) is 1.81. The van der Waals surface area contributed by atoms with Crippen LogP contribution in [-0.2, 0) is 0 Å². The predicted octanol–water partition coefficient (Wildman–Crippen LogP) is 2.40. The number of benzene rings is 1. The van der Waals surface area contributed by atoms with Gasteiger partial charge in [0.25, 0.3) is 0 Å². The van der Waals surface area contributed by atoms with Crippen molar-refractivity contribution in [3.05, 3.63) is 29.3 Å². The molecule has 82 valence electrons. The van der Waals surface area contributed by atoms with E-state index in [1.807, 2.05) is 0 Å². The molecule has 1 aliphatic heterocycles. The van der Waals surface area contributed by atoms with Crippen LogP contribution in [0.1, 0.15) is 24.4 Å². The van der Waals surface area contributed by atoms with E-state index in [0.29, 0.717) is 11.3 Å². The number of hydrogen-bond acceptors (Lipinski definition) is 2. The minimum atomic E-state index is -0.820. The maximum absolute atomic E-state index is 13.6. The van der Waals surface area contributed by atoms with Gasteiger partial charge in [-0.2, -0.15) is 0 Å². The molecule has 0 saturated carbocycles. The minimum Gasteiger partial charge on any atom is -0.496 e. The summed E-state index contributed by atoms with van der Waals surface area (Å²) in [4.78, 5) is 0. The zero-order valence-electron chi connectivity index (χ0n) is 8.52. The summed E-state index contributed by atoms with van der Waals surface area (Å²) in [5, 5.41) is 3.13. The Bertz CT molecular complexity index is 362. The monoisotopic (exact) mass is 213 g/mol. The molecule has 0 bridgehead atoms. The van der Waals surface area contributed by atoms with E-state index in [9.17, 15) is 8.78 Å². The third-order valence-electron chi connectivity index (χ3n) is 2.72. The van der Waals surface area contributed by atoms with Gasteiger partial charge in [0.15, 0.2) is 11.6 Å². The van der Waals surface area contributed by atoms with E-state index in [1.54, 1.807) is 0 Å². The van der Waals surface area contributed by atoms with E-state index < -0.39 is 11.6 Å². The van der Waals surface area contributed by atoms with Crippen molar-refractivity contribution in [2.24, 2.45) is 0 Å². The summed E-state index contributed by atoms with van der Waals surface area (Å²) in [6.07, 6.45) is 1.79. The van der Waals surface area contributed by atoms with Crippen LogP contribution in [-0.4, -0.2) is 13.7 Å². The summed E-state index contributed by atoms with van der Waals surface area (Å²) < 4.78 is 31.7. The number of methoxy groups -OCH3 is 1. The van der Waals surface area contributed by atoms with Crippen molar-refractivity contribution in [2.75, 3.05) is 13.7 Å². The zero-order valence-corrected chi connectivity index (χ0v) is 8.52. The first-order valence-corrected chi connectivity index (χ1v) is 4.99. The van der Waals surface area contributed by atoms with Gasteiger partial charge in [0, 0.05) is 11.6 Å². The van der Waals surface area contributed by atoms with Gasteiger partial charge in [-0.3, -0.25) is 0 Å². The lowest BCUT2D eigenvalue weighted by Gasteiger charge is -2.16. The summed E-state index contributed by atoms with van der Waals surface area (Å²) >= 11 is 0. The molecule has 1 unspecified atom stereocenters. The molecule has 0 aromatic heterocycles. The van der Waals surface area contributed by atoms with Crippen LogP contribution in [0.25, 0.3) is 0 Å². The molecule has 1 atom stereocenters. The van der Waals surface area contributed by atoms with E-state index >= 15 is 0 Å². The van der Waals surface area contributed by atoms with E-state index in [-0.39, 0.29) is 6.04 Å². The van der Waals surface area contributed by atoms with Gasteiger partial charge in [0.1, 0.15) is 5.75 Å². The van der Waals surface area contributed by atoms with Gasteiger partial charge in [-0.25, -0.2) is 8.78 Å². The molecule has 0 aliphatic carbocycles. The highest BCUT2D eigenvalue weighted by Gasteiger charge is 2.25. The van der Waals surface area contributed by atoms with Crippen LogP contribution in [0.5, 0.6) is 5.75 Å². The van der Waals surface area contributed by atoms with Crippen LogP contribution < -0.4 is 10.1 Å². The maximum Gasteiger partial charge on any atom is 0.167 e. The van der Waals surface area contributed by atoms with Crippen molar-refractivity contribution in [3.8, 4) is 5.75 Å². The second kappa shape index (κ2) is 4.14. The summed E-state index contributed by atoms with van der Waals surface area (Å²) in [5.74, 6) is -1.21. The zero-order chi connectivity index (χ0) is 10.8. The molecule has 1 heterocycles. The highest BCUT2D eigenvalue weighted by atomic mass is 19.2. The molecular weight excluding hydrogens is 200 g/mol. The molecule has 2 rings (SSSR count). The predicted molar refractivity (Wildman–Crippen MR) is 52.9 cm³/mol. The lowest BCUT2D eigenvalue weighted by Crippen LogP contribution is -2.16. The van der Waals surface area contributed by atoms with Crippen LogP contribution in [0.3, 0.4) is 0 Å². The maximum atomic E-state index is 13.6. The number of rotatable bonds is 2. The second-order valence-corrected chi connectivity index (χ2v) is 3.63. The number of halogens is 2. The Morgan fingerprint density at radius 3 is 2.80 bits per heavy atom. The van der Waals surface area contributed by atoms with E-state index in [1.165, 1.54) is 13.2 Å². The van der Waals surface area contributed by atoms with Crippen molar-refractivity contribution in [1.29, 1.82) is 0 Å². The highest BCUT2D eigenvalue weighted by Crippen LogP contribution is 2.33. The van der Waals surface area contributed by atoms with Crippen LogP contribution in [0.2, 0.25) is 0 Å². The Labute approximate surface area is 87.2 Å². The van der Waals surface area contributed by atoms with Crippen molar-refractivity contribution in [2.45, 2.75) is 18.9 Å². The van der Waals surface area contributed by atoms with E-state index in [4.69, 9.17) is 4.74 Å². The van der Waals surface area contributed by atoms with Gasteiger partial charge in [0.2, 0.25) is 0 Å². The van der Waals surface area contributed by atoms with Crippen LogP contribution in [0.4, 0.5) is 8.78 Å². The Morgan fingerprint density at radius 2 is 2.20 bits per heavy atom. The second-order valence-electron chi connectivity index (χ2n) is 3.63. The van der Waals surface area contributed by atoms with Crippen molar-refractivity contribution < 1.29 is 13.5 Å². The lowest BCUT2D eigenvalue weighted by molar-refractivity contribution is 0.388. The Balaban J connectivity index is 2.45. The van der Waals surface area contributed by atoms with Gasteiger partial charge in [0.05, 0.1) is 7.11 Å². The molecular formula is C11H13F2NO. The van der Waals surface area contributed by atoms with Gasteiger partial charge >= 0.3 is 0 Å². The number of hydrogen-bond donors (Lipinski definition) is 1. The van der Waals surface area contributed by atoms with Crippen molar-refractivity contribution >= 4 is 0 Å². The molecule has 1 N–H and O–H groups in total.